The third-order valence-electron chi connectivity index (χ3n) is 10.8. The Morgan fingerprint density at radius 2 is 0.862 bits per heavy atom. The summed E-state index contributed by atoms with van der Waals surface area (Å²) in [5.41, 5.74) is 13.3. The number of hydrogen-bond donors (Lipinski definition) is 0. The van der Waals surface area contributed by atoms with Crippen molar-refractivity contribution in [3.63, 3.8) is 0 Å². The third kappa shape index (κ3) is 5.83. The Kier molecular flexibility index (Phi) is 8.04. The molecule has 0 N–H and O–H groups in total. The summed E-state index contributed by atoms with van der Waals surface area (Å²) in [6.07, 6.45) is 2.07. The van der Waals surface area contributed by atoms with Crippen LogP contribution in [0, 0.1) is 0 Å². The number of pyridine rings is 1. The number of benzene rings is 7. The highest BCUT2D eigenvalue weighted by atomic mass is 15.3. The van der Waals surface area contributed by atoms with E-state index in [-0.39, 0.29) is 0 Å². The van der Waals surface area contributed by atoms with Crippen molar-refractivity contribution in [1.29, 1.82) is 0 Å². The molecule has 0 unspecified atom stereocenters. The molecule has 0 atom stereocenters. The Bertz CT molecular complexity index is 3240. The van der Waals surface area contributed by atoms with Gasteiger partial charge < -0.3 is 0 Å². The predicted octanol–water partition coefficient (Wildman–Crippen LogP) is 12.6. The van der Waals surface area contributed by atoms with Crippen molar-refractivity contribution in [1.82, 2.24) is 29.0 Å². The fourth-order valence-electron chi connectivity index (χ4n) is 7.99. The van der Waals surface area contributed by atoms with E-state index in [2.05, 4.69) is 180 Å². The number of rotatable bonds is 7. The van der Waals surface area contributed by atoms with Crippen LogP contribution in [0.15, 0.2) is 206 Å². The van der Waals surface area contributed by atoms with Crippen LogP contribution >= 0.6 is 0 Å². The Hall–Kier alpha value is -7.96. The van der Waals surface area contributed by atoms with E-state index >= 15 is 0 Å². The lowest BCUT2D eigenvalue weighted by molar-refractivity contribution is 0.968. The number of nitrogens with zero attached hydrogens (tertiary/aromatic N) is 6. The van der Waals surface area contributed by atoms with Crippen LogP contribution in [0.25, 0.3) is 101 Å². The molecule has 0 saturated heterocycles. The summed E-state index contributed by atoms with van der Waals surface area (Å²) < 4.78 is 4.14. The van der Waals surface area contributed by atoms with E-state index in [9.17, 15) is 0 Å². The topological polar surface area (TPSA) is 60.4 Å². The van der Waals surface area contributed by atoms with Crippen LogP contribution < -0.4 is 0 Å². The van der Waals surface area contributed by atoms with E-state index < -0.39 is 0 Å². The molecule has 6 heteroatoms. The average molecular weight is 743 g/mol. The molecular formula is C52H34N6. The summed E-state index contributed by atoms with van der Waals surface area (Å²) in [5, 5.41) is 7.27. The van der Waals surface area contributed by atoms with Gasteiger partial charge in [-0.1, -0.05) is 188 Å². The molecule has 11 rings (SSSR count). The monoisotopic (exact) mass is 742 g/mol. The molecule has 0 aliphatic heterocycles. The Morgan fingerprint density at radius 1 is 0.328 bits per heavy atom. The molecule has 0 spiro atoms. The van der Waals surface area contributed by atoms with Crippen LogP contribution in [0.4, 0.5) is 0 Å². The summed E-state index contributed by atoms with van der Waals surface area (Å²) >= 11 is 0. The first kappa shape index (κ1) is 33.4. The molecule has 11 aromatic rings. The quantitative estimate of drug-likeness (QED) is 0.163. The zero-order chi connectivity index (χ0) is 38.4. The highest BCUT2D eigenvalue weighted by Gasteiger charge is 2.21. The van der Waals surface area contributed by atoms with Gasteiger partial charge in [-0.2, -0.15) is 0 Å². The number of hydrogen-bond acceptors (Lipinski definition) is 4. The first-order valence-electron chi connectivity index (χ1n) is 19.4. The van der Waals surface area contributed by atoms with Crippen molar-refractivity contribution in [3.8, 4) is 78.8 Å². The van der Waals surface area contributed by atoms with Gasteiger partial charge in [0.15, 0.2) is 17.3 Å². The summed E-state index contributed by atoms with van der Waals surface area (Å²) in [6, 6.07) is 69.4. The largest absolute Gasteiger partial charge is 0.277 e. The van der Waals surface area contributed by atoms with Crippen LogP contribution in [0.3, 0.4) is 0 Å². The Balaban J connectivity index is 1.02. The van der Waals surface area contributed by atoms with Crippen LogP contribution in [0.2, 0.25) is 0 Å². The van der Waals surface area contributed by atoms with Gasteiger partial charge in [-0.3, -0.25) is 4.40 Å². The molecule has 4 aromatic heterocycles. The van der Waals surface area contributed by atoms with Crippen LogP contribution in [0.5, 0.6) is 0 Å². The van der Waals surface area contributed by atoms with Crippen molar-refractivity contribution in [2.75, 3.05) is 0 Å². The van der Waals surface area contributed by atoms with Gasteiger partial charge in [-0.05, 0) is 39.9 Å². The molecule has 0 aliphatic rings. The lowest BCUT2D eigenvalue weighted by Gasteiger charge is -2.13. The maximum Gasteiger partial charge on any atom is 0.182 e. The summed E-state index contributed by atoms with van der Waals surface area (Å²) in [7, 11) is 0. The minimum Gasteiger partial charge on any atom is -0.277 e. The van der Waals surface area contributed by atoms with Crippen molar-refractivity contribution in [3.05, 3.63) is 206 Å². The molecule has 58 heavy (non-hydrogen) atoms. The van der Waals surface area contributed by atoms with Gasteiger partial charge in [0, 0.05) is 44.8 Å². The smallest absolute Gasteiger partial charge is 0.182 e. The van der Waals surface area contributed by atoms with Crippen molar-refractivity contribution >= 4 is 22.1 Å². The molecule has 0 radical (unpaired) electrons. The third-order valence-corrected chi connectivity index (χ3v) is 10.8. The summed E-state index contributed by atoms with van der Waals surface area (Å²) in [5.74, 6) is 2.19. The van der Waals surface area contributed by atoms with E-state index in [1.54, 1.807) is 0 Å². The van der Waals surface area contributed by atoms with Gasteiger partial charge in [-0.15, -0.1) is 5.10 Å². The SMILES string of the molecule is c1ccc(-c2cc(-c3ccccc3)c3nc(-c4cccc(-c5ccc(-c6nc(-c7ccccc7)nc7c8ccccc8c(-c8ccccc8)n67)cc5)c4)nn3c2)cc1. The van der Waals surface area contributed by atoms with E-state index in [0.717, 1.165) is 89.2 Å². The maximum atomic E-state index is 5.29. The summed E-state index contributed by atoms with van der Waals surface area (Å²) in [6.45, 7) is 0. The molecular weight excluding hydrogens is 709 g/mol. The normalized spacial score (nSPS) is 11.4. The van der Waals surface area contributed by atoms with Crippen molar-refractivity contribution in [2.45, 2.75) is 0 Å². The van der Waals surface area contributed by atoms with Gasteiger partial charge in [0.25, 0.3) is 0 Å². The summed E-state index contributed by atoms with van der Waals surface area (Å²) in [4.78, 5) is 15.6. The molecule has 0 bridgehead atoms. The fraction of sp³-hybridized carbons (Fsp3) is 0. The molecule has 4 heterocycles. The molecule has 0 saturated carbocycles. The highest BCUT2D eigenvalue weighted by Crippen LogP contribution is 2.38. The standard InChI is InChI=1S/C52H34N6/c1-5-16-35(17-6-1)43-33-46(37-18-7-2-8-19-37)51-55-49(56-57(51)34-43)42-25-15-24-41(32-42)36-28-30-40(31-29-36)50-53-48(39-22-11-4-12-23-39)54-52-45-27-14-13-26-44(45)47(58(50)52)38-20-9-3-10-21-38/h1-34H. The fourth-order valence-corrected chi connectivity index (χ4v) is 7.99. The van der Waals surface area contributed by atoms with E-state index in [1.807, 2.05) is 34.8 Å². The van der Waals surface area contributed by atoms with Gasteiger partial charge in [0.1, 0.15) is 11.5 Å². The van der Waals surface area contributed by atoms with E-state index in [4.69, 9.17) is 20.1 Å². The molecule has 272 valence electrons. The van der Waals surface area contributed by atoms with Crippen molar-refractivity contribution in [2.24, 2.45) is 0 Å². The zero-order valence-corrected chi connectivity index (χ0v) is 31.3. The van der Waals surface area contributed by atoms with Gasteiger partial charge in [-0.25, -0.2) is 19.5 Å². The minimum absolute atomic E-state index is 0.672. The predicted molar refractivity (Wildman–Crippen MR) is 235 cm³/mol. The van der Waals surface area contributed by atoms with Crippen LogP contribution in [-0.4, -0.2) is 29.0 Å². The van der Waals surface area contributed by atoms with Crippen LogP contribution in [0.1, 0.15) is 0 Å². The number of fused-ring (bicyclic) bond motifs is 4. The van der Waals surface area contributed by atoms with E-state index in [1.165, 1.54) is 0 Å². The molecule has 0 amide bonds. The highest BCUT2D eigenvalue weighted by molar-refractivity contribution is 6.06. The van der Waals surface area contributed by atoms with E-state index in [0.29, 0.717) is 11.6 Å². The maximum absolute atomic E-state index is 5.29. The molecule has 6 nitrogen and oxygen atoms in total. The Labute approximate surface area is 335 Å². The second-order valence-electron chi connectivity index (χ2n) is 14.4. The van der Waals surface area contributed by atoms with Crippen molar-refractivity contribution < 1.29 is 0 Å². The van der Waals surface area contributed by atoms with Crippen LogP contribution in [-0.2, 0) is 0 Å². The molecule has 0 aliphatic carbocycles. The van der Waals surface area contributed by atoms with Gasteiger partial charge in [0.2, 0.25) is 0 Å². The number of aromatic nitrogens is 6. The molecule has 7 aromatic carbocycles. The lowest BCUT2D eigenvalue weighted by atomic mass is 10.0. The Morgan fingerprint density at radius 3 is 1.57 bits per heavy atom. The zero-order valence-electron chi connectivity index (χ0n) is 31.3. The van der Waals surface area contributed by atoms with Gasteiger partial charge >= 0.3 is 0 Å². The second-order valence-corrected chi connectivity index (χ2v) is 14.4. The average Bonchev–Trinajstić information content (AvgIpc) is 3.90. The van der Waals surface area contributed by atoms with Gasteiger partial charge in [0.05, 0.1) is 5.69 Å². The first-order chi connectivity index (χ1) is 28.7. The lowest BCUT2D eigenvalue weighted by Crippen LogP contribution is -2.03. The minimum atomic E-state index is 0.672. The second kappa shape index (κ2) is 14.0. The molecule has 0 fully saturated rings. The first-order valence-corrected chi connectivity index (χ1v) is 19.4.